The molecule has 0 bridgehead atoms. The van der Waals surface area contributed by atoms with Crippen molar-refractivity contribution in [2.24, 2.45) is 5.73 Å². The number of benzene rings is 1. The number of esters is 1. The van der Waals surface area contributed by atoms with Gasteiger partial charge < -0.3 is 19.9 Å². The van der Waals surface area contributed by atoms with Gasteiger partial charge in [0.2, 0.25) is 0 Å². The number of hydrogen-bond donors (Lipinski definition) is 1. The van der Waals surface area contributed by atoms with Crippen LogP contribution in [0.25, 0.3) is 0 Å². The smallest absolute Gasteiger partial charge is 0.327 e. The van der Waals surface area contributed by atoms with Crippen LogP contribution in [0, 0.1) is 0 Å². The van der Waals surface area contributed by atoms with E-state index >= 15 is 0 Å². The predicted octanol–water partition coefficient (Wildman–Crippen LogP) is 0.877. The second-order valence-corrected chi connectivity index (χ2v) is 3.15. The zero-order chi connectivity index (χ0) is 12.1. The van der Waals surface area contributed by atoms with Crippen molar-refractivity contribution in [2.75, 3.05) is 21.3 Å². The van der Waals surface area contributed by atoms with Crippen molar-refractivity contribution in [1.29, 1.82) is 0 Å². The van der Waals surface area contributed by atoms with E-state index in [1.54, 1.807) is 18.2 Å². The number of rotatable bonds is 4. The van der Waals surface area contributed by atoms with Crippen molar-refractivity contribution in [1.82, 2.24) is 0 Å². The summed E-state index contributed by atoms with van der Waals surface area (Å²) in [5.41, 5.74) is 6.30. The van der Waals surface area contributed by atoms with Crippen LogP contribution < -0.4 is 15.2 Å². The summed E-state index contributed by atoms with van der Waals surface area (Å²) in [7, 11) is 4.35. The van der Waals surface area contributed by atoms with Crippen molar-refractivity contribution in [3.8, 4) is 11.5 Å². The molecule has 0 unspecified atom stereocenters. The molecule has 0 aliphatic carbocycles. The highest BCUT2D eigenvalue weighted by Gasteiger charge is 2.17. The van der Waals surface area contributed by atoms with Crippen LogP contribution >= 0.6 is 0 Å². The largest absolute Gasteiger partial charge is 0.497 e. The van der Waals surface area contributed by atoms with Gasteiger partial charge in [0.25, 0.3) is 0 Å². The second kappa shape index (κ2) is 5.37. The minimum absolute atomic E-state index is 0.504. The Labute approximate surface area is 94.1 Å². The van der Waals surface area contributed by atoms with Gasteiger partial charge in [-0.25, -0.2) is 0 Å². The number of nitrogens with two attached hydrogens (primary N) is 1. The van der Waals surface area contributed by atoms with Crippen LogP contribution in [-0.2, 0) is 9.53 Å². The van der Waals surface area contributed by atoms with Crippen LogP contribution in [0.5, 0.6) is 11.5 Å². The summed E-state index contributed by atoms with van der Waals surface area (Å²) in [4.78, 5) is 11.3. The second-order valence-electron chi connectivity index (χ2n) is 3.15. The van der Waals surface area contributed by atoms with E-state index < -0.39 is 12.0 Å². The van der Waals surface area contributed by atoms with E-state index in [1.807, 2.05) is 0 Å². The molecule has 0 aliphatic heterocycles. The van der Waals surface area contributed by atoms with E-state index in [-0.39, 0.29) is 0 Å². The molecule has 0 heterocycles. The molecule has 0 aromatic heterocycles. The Morgan fingerprint density at radius 2 is 1.62 bits per heavy atom. The Balaban J connectivity index is 3.07. The number of carbonyl (C=O) groups is 1. The molecule has 0 fully saturated rings. The Bertz CT molecular complexity index is 356. The molecule has 0 saturated heterocycles. The number of methoxy groups -OCH3 is 3. The first-order valence-electron chi connectivity index (χ1n) is 4.68. The van der Waals surface area contributed by atoms with E-state index in [9.17, 15) is 4.79 Å². The molecular weight excluding hydrogens is 210 g/mol. The quantitative estimate of drug-likeness (QED) is 0.770. The number of hydrogen-bond acceptors (Lipinski definition) is 5. The highest BCUT2D eigenvalue weighted by molar-refractivity contribution is 5.77. The van der Waals surface area contributed by atoms with E-state index in [0.717, 1.165) is 0 Å². The fraction of sp³-hybridized carbons (Fsp3) is 0.364. The summed E-state index contributed by atoms with van der Waals surface area (Å²) < 4.78 is 14.7. The maximum atomic E-state index is 11.3. The van der Waals surface area contributed by atoms with Gasteiger partial charge in [0.05, 0.1) is 21.3 Å². The zero-order valence-electron chi connectivity index (χ0n) is 9.52. The normalized spacial score (nSPS) is 11.8. The third kappa shape index (κ3) is 2.64. The molecule has 0 radical (unpaired) electrons. The lowest BCUT2D eigenvalue weighted by Gasteiger charge is -2.12. The summed E-state index contributed by atoms with van der Waals surface area (Å²) in [6.07, 6.45) is 0. The average Bonchev–Trinajstić information content (AvgIpc) is 2.35. The monoisotopic (exact) mass is 225 g/mol. The molecule has 1 rings (SSSR count). The van der Waals surface area contributed by atoms with E-state index in [4.69, 9.17) is 15.2 Å². The fourth-order valence-corrected chi connectivity index (χ4v) is 1.27. The van der Waals surface area contributed by atoms with Gasteiger partial charge in [0, 0.05) is 6.07 Å². The maximum absolute atomic E-state index is 11.3. The number of ether oxygens (including phenoxy) is 3. The van der Waals surface area contributed by atoms with Gasteiger partial charge in [-0.1, -0.05) is 0 Å². The van der Waals surface area contributed by atoms with Crippen molar-refractivity contribution >= 4 is 5.97 Å². The molecule has 1 atom stereocenters. The summed E-state index contributed by atoms with van der Waals surface area (Å²) >= 11 is 0. The highest BCUT2D eigenvalue weighted by Crippen LogP contribution is 2.25. The van der Waals surface area contributed by atoms with Crippen molar-refractivity contribution in [3.05, 3.63) is 23.8 Å². The Hall–Kier alpha value is -1.75. The molecular formula is C11H15NO4. The Morgan fingerprint density at radius 3 is 2.00 bits per heavy atom. The fourth-order valence-electron chi connectivity index (χ4n) is 1.27. The van der Waals surface area contributed by atoms with Gasteiger partial charge in [-0.15, -0.1) is 0 Å². The lowest BCUT2D eigenvalue weighted by molar-refractivity contribution is -0.142. The van der Waals surface area contributed by atoms with Crippen LogP contribution in [0.15, 0.2) is 18.2 Å². The van der Waals surface area contributed by atoms with Gasteiger partial charge in [-0.2, -0.15) is 0 Å². The van der Waals surface area contributed by atoms with Gasteiger partial charge in [0.1, 0.15) is 17.5 Å². The summed E-state index contributed by atoms with van der Waals surface area (Å²) in [5, 5.41) is 0. The molecule has 1 aromatic rings. The summed E-state index contributed by atoms with van der Waals surface area (Å²) in [6, 6.07) is 4.20. The van der Waals surface area contributed by atoms with Crippen molar-refractivity contribution in [2.45, 2.75) is 6.04 Å². The van der Waals surface area contributed by atoms with Gasteiger partial charge in [0.15, 0.2) is 0 Å². The average molecular weight is 225 g/mol. The lowest BCUT2D eigenvalue weighted by atomic mass is 10.1. The van der Waals surface area contributed by atoms with E-state index in [0.29, 0.717) is 17.1 Å². The van der Waals surface area contributed by atoms with Gasteiger partial charge in [-0.05, 0) is 17.7 Å². The molecule has 0 amide bonds. The standard InChI is InChI=1S/C11H15NO4/c1-14-8-4-7(5-9(6-8)15-2)10(12)11(13)16-3/h4-6,10H,12H2,1-3H3/t10-/m1/s1. The maximum Gasteiger partial charge on any atom is 0.327 e. The Kier molecular flexibility index (Phi) is 4.13. The topological polar surface area (TPSA) is 70.8 Å². The van der Waals surface area contributed by atoms with E-state index in [1.165, 1.54) is 21.3 Å². The third-order valence-corrected chi connectivity index (χ3v) is 2.19. The van der Waals surface area contributed by atoms with Crippen molar-refractivity contribution < 1.29 is 19.0 Å². The van der Waals surface area contributed by atoms with Crippen LogP contribution in [0.4, 0.5) is 0 Å². The van der Waals surface area contributed by atoms with Crippen molar-refractivity contribution in [3.63, 3.8) is 0 Å². The minimum Gasteiger partial charge on any atom is -0.497 e. The van der Waals surface area contributed by atoms with Crippen LogP contribution in [0.2, 0.25) is 0 Å². The SMILES string of the molecule is COC(=O)[C@H](N)c1cc(OC)cc(OC)c1. The molecule has 5 heteroatoms. The molecule has 88 valence electrons. The Morgan fingerprint density at radius 1 is 1.12 bits per heavy atom. The molecule has 5 nitrogen and oxygen atoms in total. The molecule has 16 heavy (non-hydrogen) atoms. The zero-order valence-corrected chi connectivity index (χ0v) is 9.52. The van der Waals surface area contributed by atoms with Crippen LogP contribution in [0.3, 0.4) is 0 Å². The first-order valence-corrected chi connectivity index (χ1v) is 4.68. The van der Waals surface area contributed by atoms with Gasteiger partial charge >= 0.3 is 5.97 Å². The molecule has 2 N–H and O–H groups in total. The molecule has 0 saturated carbocycles. The number of carbonyl (C=O) groups excluding carboxylic acids is 1. The summed E-state index contributed by atoms with van der Waals surface area (Å²) in [5.74, 6) is 0.651. The van der Waals surface area contributed by atoms with Gasteiger partial charge in [-0.3, -0.25) is 4.79 Å². The first-order chi connectivity index (χ1) is 7.62. The molecule has 1 aromatic carbocycles. The van der Waals surface area contributed by atoms with Crippen LogP contribution in [-0.4, -0.2) is 27.3 Å². The predicted molar refractivity (Wildman–Crippen MR) is 58.5 cm³/mol. The van der Waals surface area contributed by atoms with E-state index in [2.05, 4.69) is 4.74 Å². The lowest BCUT2D eigenvalue weighted by Crippen LogP contribution is -2.22. The summed E-state index contributed by atoms with van der Waals surface area (Å²) in [6.45, 7) is 0. The van der Waals surface area contributed by atoms with Crippen LogP contribution in [0.1, 0.15) is 11.6 Å². The first kappa shape index (κ1) is 12.3. The molecule has 0 aliphatic rings. The molecule has 0 spiro atoms. The highest BCUT2D eigenvalue weighted by atomic mass is 16.5. The minimum atomic E-state index is -0.839. The third-order valence-electron chi connectivity index (χ3n) is 2.19.